The van der Waals surface area contributed by atoms with Crippen molar-refractivity contribution in [1.29, 1.82) is 0 Å². The van der Waals surface area contributed by atoms with Crippen LogP contribution < -0.4 is 0 Å². The monoisotopic (exact) mass is 320 g/mol. The van der Waals surface area contributed by atoms with Gasteiger partial charge in [0.25, 0.3) is 0 Å². The zero-order valence-electron chi connectivity index (χ0n) is 10.6. The maximum Gasteiger partial charge on any atom is 0.134 e. The van der Waals surface area contributed by atoms with Crippen molar-refractivity contribution in [2.24, 2.45) is 0 Å². The van der Waals surface area contributed by atoms with Crippen molar-refractivity contribution in [3.63, 3.8) is 0 Å². The van der Waals surface area contributed by atoms with E-state index in [-0.39, 0.29) is 21.5 Å². The molecule has 21 heavy (non-hydrogen) atoms. The predicted molar refractivity (Wildman–Crippen MR) is 82.8 cm³/mol. The Morgan fingerprint density at radius 3 is 2.00 bits per heavy atom. The Bertz CT molecular complexity index is 749. The molecule has 0 saturated heterocycles. The Morgan fingerprint density at radius 2 is 1.38 bits per heavy atom. The number of halogens is 2. The third-order valence-electron chi connectivity index (χ3n) is 3.08. The molecule has 6 heteroatoms. The second kappa shape index (κ2) is 5.31. The van der Waals surface area contributed by atoms with Gasteiger partial charge in [-0.2, -0.15) is 5.10 Å². The van der Waals surface area contributed by atoms with E-state index in [1.165, 1.54) is 12.1 Å². The average Bonchev–Trinajstić information content (AvgIpc) is 2.94. The zero-order chi connectivity index (χ0) is 15.0. The maximum atomic E-state index is 9.43. The molecule has 0 amide bonds. The minimum Gasteiger partial charge on any atom is -0.506 e. The topological polar surface area (TPSA) is 69.1 Å². The summed E-state index contributed by atoms with van der Waals surface area (Å²) in [6.45, 7) is 0. The number of aromatic nitrogens is 2. The lowest BCUT2D eigenvalue weighted by Crippen LogP contribution is -1.78. The number of phenolic OH excluding ortho intramolecular Hbond substituents is 2. The molecule has 0 aliphatic rings. The van der Waals surface area contributed by atoms with Crippen LogP contribution >= 0.6 is 23.2 Å². The van der Waals surface area contributed by atoms with E-state index in [0.29, 0.717) is 5.69 Å². The van der Waals surface area contributed by atoms with E-state index >= 15 is 0 Å². The quantitative estimate of drug-likeness (QED) is 0.652. The van der Waals surface area contributed by atoms with Crippen molar-refractivity contribution in [1.82, 2.24) is 10.2 Å². The van der Waals surface area contributed by atoms with Gasteiger partial charge in [-0.1, -0.05) is 23.2 Å². The summed E-state index contributed by atoms with van der Waals surface area (Å²) in [7, 11) is 0. The third-order valence-corrected chi connectivity index (χ3v) is 3.69. The summed E-state index contributed by atoms with van der Waals surface area (Å²) >= 11 is 11.8. The van der Waals surface area contributed by atoms with Crippen LogP contribution in [-0.4, -0.2) is 20.4 Å². The minimum atomic E-state index is 0.0292. The number of hydrogen-bond donors (Lipinski definition) is 3. The molecular weight excluding hydrogens is 311 g/mol. The molecule has 0 fully saturated rings. The van der Waals surface area contributed by atoms with E-state index in [2.05, 4.69) is 10.2 Å². The number of phenols is 2. The smallest absolute Gasteiger partial charge is 0.134 e. The summed E-state index contributed by atoms with van der Waals surface area (Å²) in [6, 6.07) is 11.6. The molecule has 3 N–H and O–H groups in total. The normalized spacial score (nSPS) is 10.8. The summed E-state index contributed by atoms with van der Waals surface area (Å²) in [4.78, 5) is 0. The molecule has 0 unspecified atom stereocenters. The Kier molecular flexibility index (Phi) is 3.49. The van der Waals surface area contributed by atoms with Crippen LogP contribution in [-0.2, 0) is 0 Å². The Morgan fingerprint density at radius 1 is 0.810 bits per heavy atom. The van der Waals surface area contributed by atoms with Crippen molar-refractivity contribution in [2.45, 2.75) is 0 Å². The van der Waals surface area contributed by atoms with Gasteiger partial charge in [0.1, 0.15) is 11.5 Å². The van der Waals surface area contributed by atoms with Crippen LogP contribution in [0.4, 0.5) is 0 Å². The highest BCUT2D eigenvalue weighted by Gasteiger charge is 2.09. The van der Waals surface area contributed by atoms with Crippen molar-refractivity contribution in [3.8, 4) is 34.0 Å². The molecule has 0 spiro atoms. The third kappa shape index (κ3) is 2.68. The first-order valence-electron chi connectivity index (χ1n) is 6.08. The second-order valence-corrected chi connectivity index (χ2v) is 5.31. The molecule has 0 aliphatic carbocycles. The lowest BCUT2D eigenvalue weighted by atomic mass is 10.1. The Hall–Kier alpha value is -2.17. The number of benzene rings is 2. The van der Waals surface area contributed by atoms with Crippen LogP contribution in [0.25, 0.3) is 22.5 Å². The molecule has 1 heterocycles. The second-order valence-electron chi connectivity index (χ2n) is 4.50. The van der Waals surface area contributed by atoms with Gasteiger partial charge in [-0.25, -0.2) is 0 Å². The molecule has 2 aromatic carbocycles. The molecule has 1 aromatic heterocycles. The van der Waals surface area contributed by atoms with Gasteiger partial charge in [-0.3, -0.25) is 5.10 Å². The molecule has 106 valence electrons. The van der Waals surface area contributed by atoms with Gasteiger partial charge in [0.2, 0.25) is 0 Å². The molecule has 3 rings (SSSR count). The first-order chi connectivity index (χ1) is 10.0. The first kappa shape index (κ1) is 13.8. The van der Waals surface area contributed by atoms with Gasteiger partial charge < -0.3 is 10.2 Å². The number of aromatic amines is 1. The highest BCUT2D eigenvalue weighted by Crippen LogP contribution is 2.32. The first-order valence-corrected chi connectivity index (χ1v) is 6.83. The fraction of sp³-hybridized carbons (Fsp3) is 0. The highest BCUT2D eigenvalue weighted by molar-refractivity contribution is 6.32. The molecule has 4 nitrogen and oxygen atoms in total. The van der Waals surface area contributed by atoms with Crippen molar-refractivity contribution in [3.05, 3.63) is 52.5 Å². The van der Waals surface area contributed by atoms with E-state index in [9.17, 15) is 10.2 Å². The van der Waals surface area contributed by atoms with Gasteiger partial charge in [0.15, 0.2) is 0 Å². The van der Waals surface area contributed by atoms with E-state index in [1.54, 1.807) is 24.3 Å². The fourth-order valence-electron chi connectivity index (χ4n) is 1.96. The fourth-order valence-corrected chi connectivity index (χ4v) is 2.32. The van der Waals surface area contributed by atoms with E-state index in [1.807, 2.05) is 6.07 Å². The summed E-state index contributed by atoms with van der Waals surface area (Å²) < 4.78 is 0. The number of rotatable bonds is 2. The van der Waals surface area contributed by atoms with Crippen LogP contribution in [0.5, 0.6) is 11.5 Å². The number of nitrogens with one attached hydrogen (secondary N) is 1. The molecule has 0 radical (unpaired) electrons. The number of H-pyrrole nitrogens is 1. The lowest BCUT2D eigenvalue weighted by molar-refractivity contribution is 0.475. The Balaban J connectivity index is 1.99. The van der Waals surface area contributed by atoms with Crippen LogP contribution in [0, 0.1) is 0 Å². The molecule has 0 aliphatic heterocycles. The number of hydrogen-bond acceptors (Lipinski definition) is 3. The number of aromatic hydroxyl groups is 2. The van der Waals surface area contributed by atoms with E-state index in [0.717, 1.165) is 16.8 Å². The van der Waals surface area contributed by atoms with Gasteiger partial charge in [0, 0.05) is 11.1 Å². The zero-order valence-corrected chi connectivity index (χ0v) is 12.2. The van der Waals surface area contributed by atoms with Crippen LogP contribution in [0.1, 0.15) is 0 Å². The maximum absolute atomic E-state index is 9.43. The summed E-state index contributed by atoms with van der Waals surface area (Å²) in [5.41, 5.74) is 3.04. The molecular formula is C15H10Cl2N2O2. The van der Waals surface area contributed by atoms with E-state index in [4.69, 9.17) is 23.2 Å². The Labute approximate surface area is 130 Å². The summed E-state index contributed by atoms with van der Waals surface area (Å²) in [5, 5.41) is 26.5. The lowest BCUT2D eigenvalue weighted by Gasteiger charge is -2.00. The SMILES string of the molecule is Oc1ccc(-c2cc(-c3ccc(O)c(Cl)c3)[nH]n2)cc1Cl. The molecule has 0 saturated carbocycles. The van der Waals surface area contributed by atoms with Crippen LogP contribution in [0.2, 0.25) is 10.0 Å². The largest absolute Gasteiger partial charge is 0.506 e. The molecule has 3 aromatic rings. The van der Waals surface area contributed by atoms with Crippen LogP contribution in [0.15, 0.2) is 42.5 Å². The van der Waals surface area contributed by atoms with E-state index < -0.39 is 0 Å². The van der Waals surface area contributed by atoms with Gasteiger partial charge in [-0.05, 0) is 42.5 Å². The van der Waals surface area contributed by atoms with Crippen molar-refractivity contribution < 1.29 is 10.2 Å². The summed E-state index contributed by atoms with van der Waals surface area (Å²) in [5.74, 6) is 0.0620. The molecule has 0 atom stereocenters. The van der Waals surface area contributed by atoms with Gasteiger partial charge in [0.05, 0.1) is 21.4 Å². The minimum absolute atomic E-state index is 0.0292. The standard InChI is InChI=1S/C15H10Cl2N2O2/c16-10-5-8(1-3-14(10)20)12-7-13(19-18-12)9-2-4-15(21)11(17)6-9/h1-7,20-21H,(H,18,19). The summed E-state index contributed by atoms with van der Waals surface area (Å²) in [6.07, 6.45) is 0. The van der Waals surface area contributed by atoms with Crippen LogP contribution in [0.3, 0.4) is 0 Å². The number of nitrogens with zero attached hydrogens (tertiary/aromatic N) is 1. The van der Waals surface area contributed by atoms with Crippen molar-refractivity contribution in [2.75, 3.05) is 0 Å². The molecule has 0 bridgehead atoms. The van der Waals surface area contributed by atoms with Gasteiger partial charge >= 0.3 is 0 Å². The predicted octanol–water partition coefficient (Wildman–Crippen LogP) is 4.46. The average molecular weight is 321 g/mol. The van der Waals surface area contributed by atoms with Crippen molar-refractivity contribution >= 4 is 23.2 Å². The highest BCUT2D eigenvalue weighted by atomic mass is 35.5. The van der Waals surface area contributed by atoms with Gasteiger partial charge in [-0.15, -0.1) is 0 Å².